The van der Waals surface area contributed by atoms with Crippen molar-refractivity contribution in [2.24, 2.45) is 0 Å². The molecule has 1 unspecified atom stereocenters. The topological polar surface area (TPSA) is 59.1 Å². The molecule has 0 aliphatic carbocycles. The summed E-state index contributed by atoms with van der Waals surface area (Å²) in [7, 11) is 0. The molecule has 1 saturated heterocycles. The summed E-state index contributed by atoms with van der Waals surface area (Å²) in [4.78, 5) is 28.0. The lowest BCUT2D eigenvalue weighted by Gasteiger charge is -2.30. The van der Waals surface area contributed by atoms with E-state index in [0.29, 0.717) is 26.1 Å². The SMILES string of the molecule is CC1CCN(C(=O)OCc2ccccc2)CCN1C(=O)OC(C)(C)C. The first kappa shape index (κ1) is 19.1. The smallest absolute Gasteiger partial charge is 0.410 e. The Hall–Kier alpha value is -2.24. The largest absolute Gasteiger partial charge is 0.445 e. The van der Waals surface area contributed by atoms with Crippen molar-refractivity contribution >= 4 is 12.2 Å². The van der Waals surface area contributed by atoms with Crippen LogP contribution < -0.4 is 0 Å². The Labute approximate surface area is 149 Å². The van der Waals surface area contributed by atoms with Crippen LogP contribution in [0, 0.1) is 0 Å². The molecule has 1 aromatic rings. The minimum absolute atomic E-state index is 0.0155. The zero-order valence-electron chi connectivity index (χ0n) is 15.5. The van der Waals surface area contributed by atoms with Gasteiger partial charge in [-0.15, -0.1) is 0 Å². The Morgan fingerprint density at radius 1 is 1.08 bits per heavy atom. The van der Waals surface area contributed by atoms with Gasteiger partial charge in [0.05, 0.1) is 0 Å². The van der Waals surface area contributed by atoms with E-state index in [1.807, 2.05) is 58.0 Å². The van der Waals surface area contributed by atoms with Crippen molar-refractivity contribution in [1.82, 2.24) is 9.80 Å². The molecule has 0 radical (unpaired) electrons. The van der Waals surface area contributed by atoms with Crippen molar-refractivity contribution in [3.63, 3.8) is 0 Å². The maximum Gasteiger partial charge on any atom is 0.410 e. The van der Waals surface area contributed by atoms with Gasteiger partial charge in [-0.3, -0.25) is 0 Å². The molecule has 0 aromatic heterocycles. The maximum absolute atomic E-state index is 12.3. The number of carbonyl (C=O) groups excluding carboxylic acids is 2. The fraction of sp³-hybridized carbons (Fsp3) is 0.579. The van der Waals surface area contributed by atoms with Gasteiger partial charge < -0.3 is 19.3 Å². The lowest BCUT2D eigenvalue weighted by Crippen LogP contribution is -2.43. The third kappa shape index (κ3) is 5.96. The molecule has 1 aliphatic rings. The summed E-state index contributed by atoms with van der Waals surface area (Å²) in [5.41, 5.74) is 0.423. The highest BCUT2D eigenvalue weighted by Gasteiger charge is 2.30. The molecule has 2 amide bonds. The number of hydrogen-bond acceptors (Lipinski definition) is 4. The van der Waals surface area contributed by atoms with Crippen molar-refractivity contribution in [3.05, 3.63) is 35.9 Å². The highest BCUT2D eigenvalue weighted by Crippen LogP contribution is 2.17. The fourth-order valence-corrected chi connectivity index (χ4v) is 2.64. The van der Waals surface area contributed by atoms with Gasteiger partial charge in [0.25, 0.3) is 0 Å². The summed E-state index contributed by atoms with van der Waals surface area (Å²) in [5.74, 6) is 0. The first-order valence-electron chi connectivity index (χ1n) is 8.71. The van der Waals surface area contributed by atoms with Gasteiger partial charge in [0.15, 0.2) is 0 Å². The zero-order chi connectivity index (χ0) is 18.4. The first-order chi connectivity index (χ1) is 11.8. The number of amides is 2. The molecule has 138 valence electrons. The number of nitrogens with zero attached hydrogens (tertiary/aromatic N) is 2. The average molecular weight is 348 g/mol. The van der Waals surface area contributed by atoms with Crippen molar-refractivity contribution in [2.75, 3.05) is 19.6 Å². The van der Waals surface area contributed by atoms with E-state index >= 15 is 0 Å². The van der Waals surface area contributed by atoms with Crippen LogP contribution in [0.1, 0.15) is 39.7 Å². The summed E-state index contributed by atoms with van der Waals surface area (Å²) in [6.07, 6.45) is 0.0150. The Balaban J connectivity index is 1.88. The number of rotatable bonds is 2. The Kier molecular flexibility index (Phi) is 6.28. The van der Waals surface area contributed by atoms with E-state index in [0.717, 1.165) is 5.56 Å². The second-order valence-corrected chi connectivity index (χ2v) is 7.34. The Bertz CT molecular complexity index is 583. The molecule has 0 bridgehead atoms. The summed E-state index contributed by atoms with van der Waals surface area (Å²) >= 11 is 0. The quantitative estimate of drug-likeness (QED) is 0.818. The van der Waals surface area contributed by atoms with Gasteiger partial charge in [-0.2, -0.15) is 0 Å². The van der Waals surface area contributed by atoms with Crippen LogP contribution in [-0.2, 0) is 16.1 Å². The lowest BCUT2D eigenvalue weighted by molar-refractivity contribution is 0.0185. The minimum Gasteiger partial charge on any atom is -0.445 e. The van der Waals surface area contributed by atoms with Crippen molar-refractivity contribution < 1.29 is 19.1 Å². The molecule has 0 spiro atoms. The van der Waals surface area contributed by atoms with Crippen LogP contribution in [-0.4, -0.2) is 53.3 Å². The Morgan fingerprint density at radius 2 is 1.76 bits per heavy atom. The van der Waals surface area contributed by atoms with E-state index in [-0.39, 0.29) is 24.8 Å². The van der Waals surface area contributed by atoms with E-state index in [4.69, 9.17) is 9.47 Å². The molecule has 1 heterocycles. The number of benzene rings is 1. The highest BCUT2D eigenvalue weighted by molar-refractivity contribution is 5.70. The molecule has 6 heteroatoms. The number of carbonyl (C=O) groups is 2. The van der Waals surface area contributed by atoms with E-state index in [1.54, 1.807) is 9.80 Å². The van der Waals surface area contributed by atoms with Gasteiger partial charge in [0.1, 0.15) is 12.2 Å². The second-order valence-electron chi connectivity index (χ2n) is 7.34. The maximum atomic E-state index is 12.3. The van der Waals surface area contributed by atoms with Crippen molar-refractivity contribution in [2.45, 2.75) is 52.4 Å². The number of hydrogen-bond donors (Lipinski definition) is 0. The second kappa shape index (κ2) is 8.23. The van der Waals surface area contributed by atoms with Crippen LogP contribution in [0.15, 0.2) is 30.3 Å². The predicted molar refractivity (Wildman–Crippen MR) is 95.2 cm³/mol. The molecule has 1 fully saturated rings. The van der Waals surface area contributed by atoms with Gasteiger partial charge in [0.2, 0.25) is 0 Å². The molecule has 1 aromatic carbocycles. The summed E-state index contributed by atoms with van der Waals surface area (Å²) in [5, 5.41) is 0. The predicted octanol–water partition coefficient (Wildman–Crippen LogP) is 3.65. The lowest BCUT2D eigenvalue weighted by atomic mass is 10.2. The van der Waals surface area contributed by atoms with Gasteiger partial charge in [-0.25, -0.2) is 9.59 Å². The molecular formula is C19H28N2O4. The zero-order valence-corrected chi connectivity index (χ0v) is 15.5. The monoisotopic (exact) mass is 348 g/mol. The third-order valence-corrected chi connectivity index (χ3v) is 4.05. The summed E-state index contributed by atoms with van der Waals surface area (Å²) < 4.78 is 10.8. The molecule has 25 heavy (non-hydrogen) atoms. The van der Waals surface area contributed by atoms with Crippen LogP contribution in [0.25, 0.3) is 0 Å². The van der Waals surface area contributed by atoms with Crippen LogP contribution in [0.3, 0.4) is 0 Å². The standard InChI is InChI=1S/C19H28N2O4/c1-15-10-11-20(12-13-21(15)18(23)25-19(2,3)4)17(22)24-14-16-8-6-5-7-9-16/h5-9,15H,10-14H2,1-4H3. The molecular weight excluding hydrogens is 320 g/mol. The Morgan fingerprint density at radius 3 is 2.40 bits per heavy atom. The number of ether oxygens (including phenoxy) is 2. The fourth-order valence-electron chi connectivity index (χ4n) is 2.64. The van der Waals surface area contributed by atoms with Gasteiger partial charge in [-0.1, -0.05) is 30.3 Å². The van der Waals surface area contributed by atoms with Gasteiger partial charge >= 0.3 is 12.2 Å². The van der Waals surface area contributed by atoms with Crippen LogP contribution in [0.4, 0.5) is 9.59 Å². The van der Waals surface area contributed by atoms with Crippen molar-refractivity contribution in [1.29, 1.82) is 0 Å². The molecule has 1 atom stereocenters. The summed E-state index contributed by atoms with van der Waals surface area (Å²) in [6.45, 7) is 9.22. The summed E-state index contributed by atoms with van der Waals surface area (Å²) in [6, 6.07) is 9.60. The van der Waals surface area contributed by atoms with E-state index in [9.17, 15) is 9.59 Å². The molecule has 1 aliphatic heterocycles. The van der Waals surface area contributed by atoms with E-state index in [1.165, 1.54) is 0 Å². The molecule has 0 saturated carbocycles. The van der Waals surface area contributed by atoms with Gasteiger partial charge in [0, 0.05) is 25.7 Å². The highest BCUT2D eigenvalue weighted by atomic mass is 16.6. The third-order valence-electron chi connectivity index (χ3n) is 4.05. The average Bonchev–Trinajstić information content (AvgIpc) is 2.74. The van der Waals surface area contributed by atoms with E-state index < -0.39 is 5.60 Å². The van der Waals surface area contributed by atoms with Crippen LogP contribution in [0.5, 0.6) is 0 Å². The molecule has 6 nitrogen and oxygen atoms in total. The molecule has 0 N–H and O–H groups in total. The normalized spacial score (nSPS) is 18.5. The van der Waals surface area contributed by atoms with E-state index in [2.05, 4.69) is 0 Å². The van der Waals surface area contributed by atoms with Crippen LogP contribution in [0.2, 0.25) is 0 Å². The van der Waals surface area contributed by atoms with Gasteiger partial charge in [-0.05, 0) is 39.7 Å². The minimum atomic E-state index is -0.530. The van der Waals surface area contributed by atoms with Crippen LogP contribution >= 0.6 is 0 Å². The molecule has 2 rings (SSSR count). The van der Waals surface area contributed by atoms with Crippen molar-refractivity contribution in [3.8, 4) is 0 Å². The first-order valence-corrected chi connectivity index (χ1v) is 8.71.